The van der Waals surface area contributed by atoms with E-state index in [9.17, 15) is 13.2 Å². The van der Waals surface area contributed by atoms with Gasteiger partial charge in [0.05, 0.1) is 9.72 Å². The van der Waals surface area contributed by atoms with Gasteiger partial charge in [0.15, 0.2) is 0 Å². The van der Waals surface area contributed by atoms with Crippen LogP contribution in [-0.2, 0) is 14.8 Å². The van der Waals surface area contributed by atoms with E-state index in [1.807, 2.05) is 13.8 Å². The van der Waals surface area contributed by atoms with Crippen molar-refractivity contribution in [3.63, 3.8) is 0 Å². The number of amides is 1. The van der Waals surface area contributed by atoms with Gasteiger partial charge in [0.1, 0.15) is 0 Å². The molecule has 0 radical (unpaired) electrons. The van der Waals surface area contributed by atoms with Crippen LogP contribution in [-0.4, -0.2) is 19.2 Å². The monoisotopic (exact) mass is 334 g/mol. The Bertz CT molecular complexity index is 514. The number of hydrogen-bond acceptors (Lipinski definition) is 3. The standard InChI is InChI=1S/C11H15BrN2O3S/c1-3-10(12)11(15)13-14-18(16,17)9-6-4-8(2)5-7-9/h4-7,10,14H,3H2,1-2H3,(H,13,15). The first-order valence-corrected chi connectivity index (χ1v) is 7.79. The van der Waals surface area contributed by atoms with Gasteiger partial charge in [-0.2, -0.15) is 0 Å². The van der Waals surface area contributed by atoms with Crippen LogP contribution in [0.4, 0.5) is 0 Å². The fourth-order valence-electron chi connectivity index (χ4n) is 1.16. The number of halogens is 1. The van der Waals surface area contributed by atoms with Gasteiger partial charge in [0, 0.05) is 0 Å². The maximum absolute atomic E-state index is 11.8. The largest absolute Gasteiger partial charge is 0.277 e. The molecule has 0 spiro atoms. The number of carbonyl (C=O) groups is 1. The summed E-state index contributed by atoms with van der Waals surface area (Å²) in [5.41, 5.74) is 3.13. The maximum atomic E-state index is 11.8. The maximum Gasteiger partial charge on any atom is 0.257 e. The summed E-state index contributed by atoms with van der Waals surface area (Å²) < 4.78 is 23.6. The third-order valence-electron chi connectivity index (χ3n) is 2.28. The van der Waals surface area contributed by atoms with E-state index in [1.165, 1.54) is 12.1 Å². The molecule has 2 N–H and O–H groups in total. The summed E-state index contributed by atoms with van der Waals surface area (Å²) >= 11 is 3.13. The fraction of sp³-hybridized carbons (Fsp3) is 0.364. The second-order valence-corrected chi connectivity index (χ2v) is 6.57. The van der Waals surface area contributed by atoms with Gasteiger partial charge in [-0.1, -0.05) is 40.5 Å². The molecule has 1 amide bonds. The molecule has 18 heavy (non-hydrogen) atoms. The number of aryl methyl sites for hydroxylation is 1. The molecule has 1 aromatic rings. The van der Waals surface area contributed by atoms with Crippen molar-refractivity contribution in [1.29, 1.82) is 0 Å². The summed E-state index contributed by atoms with van der Waals surface area (Å²) in [5.74, 6) is -0.423. The Morgan fingerprint density at radius 1 is 1.33 bits per heavy atom. The van der Waals surface area contributed by atoms with E-state index < -0.39 is 20.8 Å². The molecular weight excluding hydrogens is 320 g/mol. The molecule has 0 heterocycles. The Kier molecular flexibility index (Phi) is 5.30. The molecule has 0 aliphatic rings. The second kappa shape index (κ2) is 6.31. The van der Waals surface area contributed by atoms with Crippen LogP contribution in [0.3, 0.4) is 0 Å². The summed E-state index contributed by atoms with van der Waals surface area (Å²) in [6.07, 6.45) is 0.568. The molecule has 5 nitrogen and oxygen atoms in total. The van der Waals surface area contributed by atoms with E-state index in [4.69, 9.17) is 0 Å². The molecule has 0 saturated carbocycles. The minimum atomic E-state index is -3.72. The number of nitrogens with one attached hydrogen (secondary N) is 2. The van der Waals surface area contributed by atoms with Gasteiger partial charge in [0.2, 0.25) is 5.91 Å². The van der Waals surface area contributed by atoms with Crippen LogP contribution >= 0.6 is 15.9 Å². The summed E-state index contributed by atoms with van der Waals surface area (Å²) in [4.78, 5) is 13.2. The summed E-state index contributed by atoms with van der Waals surface area (Å²) in [6, 6.07) is 6.34. The molecule has 0 fully saturated rings. The van der Waals surface area contributed by atoms with Crippen molar-refractivity contribution in [3.8, 4) is 0 Å². The number of sulfonamides is 1. The van der Waals surface area contributed by atoms with Crippen LogP contribution in [0.25, 0.3) is 0 Å². The van der Waals surface area contributed by atoms with Crippen molar-refractivity contribution in [3.05, 3.63) is 29.8 Å². The second-order valence-electron chi connectivity index (χ2n) is 3.78. The van der Waals surface area contributed by atoms with Crippen molar-refractivity contribution in [2.24, 2.45) is 0 Å². The van der Waals surface area contributed by atoms with Gasteiger partial charge < -0.3 is 0 Å². The lowest BCUT2D eigenvalue weighted by Gasteiger charge is -2.10. The Labute approximate surface area is 115 Å². The Morgan fingerprint density at radius 3 is 2.39 bits per heavy atom. The molecule has 0 bridgehead atoms. The Hall–Kier alpha value is -0.920. The van der Waals surface area contributed by atoms with Crippen molar-refractivity contribution < 1.29 is 13.2 Å². The zero-order valence-electron chi connectivity index (χ0n) is 10.1. The molecule has 1 atom stereocenters. The molecule has 0 aliphatic carbocycles. The minimum absolute atomic E-state index is 0.107. The van der Waals surface area contributed by atoms with E-state index >= 15 is 0 Å². The Balaban J connectivity index is 2.71. The highest BCUT2D eigenvalue weighted by atomic mass is 79.9. The topological polar surface area (TPSA) is 75.3 Å². The van der Waals surface area contributed by atoms with Gasteiger partial charge in [-0.15, -0.1) is 4.83 Å². The zero-order valence-corrected chi connectivity index (χ0v) is 12.5. The van der Waals surface area contributed by atoms with E-state index in [0.717, 1.165) is 5.56 Å². The van der Waals surface area contributed by atoms with Crippen molar-refractivity contribution in [2.45, 2.75) is 30.0 Å². The number of carbonyl (C=O) groups excluding carboxylic acids is 1. The third kappa shape index (κ3) is 4.08. The number of rotatable bonds is 5. The van der Waals surface area contributed by atoms with Gasteiger partial charge in [0.25, 0.3) is 10.0 Å². The lowest BCUT2D eigenvalue weighted by atomic mass is 10.2. The van der Waals surface area contributed by atoms with Gasteiger partial charge in [-0.25, -0.2) is 8.42 Å². The smallest absolute Gasteiger partial charge is 0.257 e. The van der Waals surface area contributed by atoms with Crippen LogP contribution in [0.1, 0.15) is 18.9 Å². The minimum Gasteiger partial charge on any atom is -0.277 e. The SMILES string of the molecule is CCC(Br)C(=O)NNS(=O)(=O)c1ccc(C)cc1. The molecule has 7 heteroatoms. The summed E-state index contributed by atoms with van der Waals surface area (Å²) in [7, 11) is -3.72. The van der Waals surface area contributed by atoms with Gasteiger partial charge in [-0.05, 0) is 25.5 Å². The van der Waals surface area contributed by atoms with Gasteiger partial charge >= 0.3 is 0 Å². The summed E-state index contributed by atoms with van der Waals surface area (Å²) in [6.45, 7) is 3.68. The zero-order chi connectivity index (χ0) is 13.8. The van der Waals surface area contributed by atoms with E-state index in [-0.39, 0.29) is 4.90 Å². The van der Waals surface area contributed by atoms with Crippen LogP contribution in [0, 0.1) is 6.92 Å². The normalized spacial score (nSPS) is 13.1. The number of alkyl halides is 1. The molecule has 1 aromatic carbocycles. The molecule has 0 saturated heterocycles. The van der Waals surface area contributed by atoms with E-state index in [2.05, 4.69) is 26.2 Å². The number of hydrogen-bond donors (Lipinski definition) is 2. The molecular formula is C11H15BrN2O3S. The highest BCUT2D eigenvalue weighted by Gasteiger charge is 2.17. The quantitative estimate of drug-likeness (QED) is 0.632. The summed E-state index contributed by atoms with van der Waals surface area (Å²) in [5, 5.41) is 0. The van der Waals surface area contributed by atoms with Crippen molar-refractivity contribution in [1.82, 2.24) is 10.3 Å². The Morgan fingerprint density at radius 2 is 1.89 bits per heavy atom. The highest BCUT2D eigenvalue weighted by molar-refractivity contribution is 9.10. The van der Waals surface area contributed by atoms with Crippen LogP contribution < -0.4 is 10.3 Å². The van der Waals surface area contributed by atoms with E-state index in [0.29, 0.717) is 6.42 Å². The number of hydrazine groups is 1. The van der Waals surface area contributed by atoms with Crippen LogP contribution in [0.5, 0.6) is 0 Å². The lowest BCUT2D eigenvalue weighted by Crippen LogP contribution is -2.44. The fourth-order valence-corrected chi connectivity index (χ4v) is 2.12. The molecule has 1 unspecified atom stereocenters. The molecule has 1 rings (SSSR count). The average Bonchev–Trinajstić information content (AvgIpc) is 2.35. The first kappa shape index (κ1) is 15.1. The van der Waals surface area contributed by atoms with E-state index in [1.54, 1.807) is 12.1 Å². The lowest BCUT2D eigenvalue weighted by molar-refractivity contribution is -0.120. The van der Waals surface area contributed by atoms with Crippen LogP contribution in [0.15, 0.2) is 29.2 Å². The third-order valence-corrected chi connectivity index (χ3v) is 4.61. The predicted molar refractivity (Wildman–Crippen MR) is 72.6 cm³/mol. The van der Waals surface area contributed by atoms with Gasteiger partial charge in [-0.3, -0.25) is 10.2 Å². The van der Waals surface area contributed by atoms with Crippen molar-refractivity contribution in [2.75, 3.05) is 0 Å². The average molecular weight is 335 g/mol. The van der Waals surface area contributed by atoms with Crippen LogP contribution in [0.2, 0.25) is 0 Å². The highest BCUT2D eigenvalue weighted by Crippen LogP contribution is 2.09. The molecule has 0 aromatic heterocycles. The first-order valence-electron chi connectivity index (χ1n) is 5.39. The first-order chi connectivity index (χ1) is 8.36. The molecule has 0 aliphatic heterocycles. The predicted octanol–water partition coefficient (Wildman–Crippen LogP) is 1.48. The molecule has 100 valence electrons. The number of benzene rings is 1. The van der Waals surface area contributed by atoms with Crippen molar-refractivity contribution >= 4 is 31.9 Å².